The van der Waals surface area contributed by atoms with Crippen LogP contribution in [0.5, 0.6) is 5.75 Å². The van der Waals surface area contributed by atoms with Crippen LogP contribution < -0.4 is 5.73 Å². The molecule has 0 aliphatic heterocycles. The van der Waals surface area contributed by atoms with Crippen LogP contribution in [0.1, 0.15) is 17.5 Å². The summed E-state index contributed by atoms with van der Waals surface area (Å²) < 4.78 is 0. The first kappa shape index (κ1) is 23.7. The summed E-state index contributed by atoms with van der Waals surface area (Å²) in [6.07, 6.45) is 1.85. The Bertz CT molecular complexity index is 1400. The normalized spacial score (nSPS) is 27.6. The molecule has 1 aromatic heterocycles. The molecular formula is C26H25N3O7. The Morgan fingerprint density at radius 1 is 1.14 bits per heavy atom. The van der Waals surface area contributed by atoms with Gasteiger partial charge in [-0.05, 0) is 62.7 Å². The number of likely N-dealkylation sites (N-methyl/N-ethyl adjacent to an activating group) is 1. The van der Waals surface area contributed by atoms with Gasteiger partial charge in [-0.1, -0.05) is 6.07 Å². The molecule has 0 bridgehead atoms. The van der Waals surface area contributed by atoms with Crippen molar-refractivity contribution in [2.75, 3.05) is 14.1 Å². The van der Waals surface area contributed by atoms with Crippen LogP contribution in [0.15, 0.2) is 53.4 Å². The highest BCUT2D eigenvalue weighted by Gasteiger charge is 2.64. The first-order valence-electron chi connectivity index (χ1n) is 11.4. The van der Waals surface area contributed by atoms with Gasteiger partial charge in [0.1, 0.15) is 22.8 Å². The zero-order valence-corrected chi connectivity index (χ0v) is 19.6. The second-order valence-corrected chi connectivity index (χ2v) is 9.66. The maximum absolute atomic E-state index is 13.8. The molecule has 6 N–H and O–H groups in total. The molecule has 3 aliphatic rings. The van der Waals surface area contributed by atoms with Gasteiger partial charge in [-0.15, -0.1) is 0 Å². The number of phenolic OH excluding ortho intramolecular Hbond substituents is 1. The second-order valence-electron chi connectivity index (χ2n) is 9.66. The molecule has 1 fully saturated rings. The number of nitrogens with zero attached hydrogens (tertiary/aromatic N) is 2. The van der Waals surface area contributed by atoms with Gasteiger partial charge in [0.05, 0.1) is 17.3 Å². The number of rotatable bonds is 3. The van der Waals surface area contributed by atoms with Crippen molar-refractivity contribution in [3.8, 4) is 17.0 Å². The van der Waals surface area contributed by atoms with Crippen molar-refractivity contribution in [3.05, 3.63) is 64.6 Å². The van der Waals surface area contributed by atoms with Gasteiger partial charge in [-0.2, -0.15) is 0 Å². The van der Waals surface area contributed by atoms with Gasteiger partial charge in [0.25, 0.3) is 5.91 Å². The fraction of sp³-hybridized carbons (Fsp3) is 0.308. The average Bonchev–Trinajstić information content (AvgIpc) is 2.81. The predicted molar refractivity (Wildman–Crippen MR) is 127 cm³/mol. The van der Waals surface area contributed by atoms with Gasteiger partial charge in [0.2, 0.25) is 5.78 Å². The number of aromatic nitrogens is 1. The summed E-state index contributed by atoms with van der Waals surface area (Å²) in [7, 11) is 3.12. The lowest BCUT2D eigenvalue weighted by atomic mass is 9.57. The summed E-state index contributed by atoms with van der Waals surface area (Å²) in [6, 6.07) is 7.28. The number of fused-ring (bicyclic) bond motifs is 3. The average molecular weight is 492 g/mol. The fourth-order valence-electron chi connectivity index (χ4n) is 6.01. The lowest BCUT2D eigenvalue weighted by Crippen LogP contribution is -2.65. The Balaban J connectivity index is 1.75. The Morgan fingerprint density at radius 2 is 1.86 bits per heavy atom. The van der Waals surface area contributed by atoms with Gasteiger partial charge in [-0.25, -0.2) is 0 Å². The molecule has 4 atom stereocenters. The zero-order chi connectivity index (χ0) is 26.1. The number of carbonyl (C=O) groups is 3. The number of carbonyl (C=O) groups excluding carboxylic acids is 3. The molecule has 10 heteroatoms. The number of hydrogen-bond acceptors (Lipinski definition) is 9. The maximum atomic E-state index is 13.8. The molecule has 5 rings (SSSR count). The van der Waals surface area contributed by atoms with Crippen molar-refractivity contribution >= 4 is 23.2 Å². The van der Waals surface area contributed by atoms with Crippen molar-refractivity contribution in [2.24, 2.45) is 17.6 Å². The SMILES string of the molecule is CN(C)[C@@H]1C(=O)C(C(N)=O)=C(O)[C@@]2(O)C(=O)C3=C(O)c4c(O)ccc(-c5ccccn5)c4C[C@@H]3C[C@H]12. The number of primary amides is 1. The standard InChI is InChI=1S/C26H25N3O7/c1-29(2)20-14-10-11-9-13-12(15-5-3-4-8-28-15)6-7-16(30)18(13)21(31)17(11)23(33)26(14,36)24(34)19(22(20)32)25(27)35/h3-8,11,14,20,30-31,34,36H,9-10H2,1-2H3,(H2,27,35)/t11-,14-,20+,26+/m1/s1. The van der Waals surface area contributed by atoms with Crippen LogP contribution in [0.2, 0.25) is 0 Å². The Morgan fingerprint density at radius 3 is 2.47 bits per heavy atom. The van der Waals surface area contributed by atoms with E-state index in [-0.39, 0.29) is 29.7 Å². The number of hydrogen-bond donors (Lipinski definition) is 5. The monoisotopic (exact) mass is 491 g/mol. The van der Waals surface area contributed by atoms with E-state index in [2.05, 4.69) is 4.98 Å². The molecule has 10 nitrogen and oxygen atoms in total. The van der Waals surface area contributed by atoms with Crippen LogP contribution in [-0.4, -0.2) is 73.5 Å². The van der Waals surface area contributed by atoms with Gasteiger partial charge in [0.15, 0.2) is 11.4 Å². The number of benzene rings is 1. The summed E-state index contributed by atoms with van der Waals surface area (Å²) in [5, 5.41) is 44.4. The van der Waals surface area contributed by atoms with Crippen LogP contribution in [0.25, 0.3) is 17.0 Å². The van der Waals surface area contributed by atoms with Crippen LogP contribution in [0, 0.1) is 11.8 Å². The number of aliphatic hydroxyl groups excluding tert-OH is 2. The van der Waals surface area contributed by atoms with Crippen molar-refractivity contribution in [3.63, 3.8) is 0 Å². The molecule has 186 valence electrons. The van der Waals surface area contributed by atoms with E-state index in [0.29, 0.717) is 16.8 Å². The number of aliphatic hydroxyl groups is 3. The molecular weight excluding hydrogens is 466 g/mol. The van der Waals surface area contributed by atoms with E-state index in [9.17, 15) is 34.8 Å². The van der Waals surface area contributed by atoms with Crippen LogP contribution in [0.4, 0.5) is 0 Å². The summed E-state index contributed by atoms with van der Waals surface area (Å²) in [4.78, 5) is 44.8. The zero-order valence-electron chi connectivity index (χ0n) is 19.6. The summed E-state index contributed by atoms with van der Waals surface area (Å²) in [6.45, 7) is 0. The van der Waals surface area contributed by atoms with Gasteiger partial charge in [0, 0.05) is 23.3 Å². The number of phenols is 1. The summed E-state index contributed by atoms with van der Waals surface area (Å²) in [5.41, 5.74) is 3.53. The van der Waals surface area contributed by atoms with E-state index >= 15 is 0 Å². The topological polar surface area (TPSA) is 174 Å². The summed E-state index contributed by atoms with van der Waals surface area (Å²) >= 11 is 0. The quantitative estimate of drug-likeness (QED) is 0.393. The number of aromatic hydroxyl groups is 1. The first-order valence-corrected chi connectivity index (χ1v) is 11.4. The minimum absolute atomic E-state index is 0.0308. The third-order valence-corrected chi connectivity index (χ3v) is 7.55. The smallest absolute Gasteiger partial charge is 0.255 e. The van der Waals surface area contributed by atoms with Gasteiger partial charge in [-0.3, -0.25) is 24.3 Å². The van der Waals surface area contributed by atoms with Crippen molar-refractivity contribution in [2.45, 2.75) is 24.5 Å². The highest BCUT2D eigenvalue weighted by atomic mass is 16.3. The Labute approximate surface area is 206 Å². The van der Waals surface area contributed by atoms with E-state index in [1.165, 1.54) is 11.0 Å². The largest absolute Gasteiger partial charge is 0.508 e. The van der Waals surface area contributed by atoms with Crippen molar-refractivity contribution in [1.29, 1.82) is 0 Å². The molecule has 0 unspecified atom stereocenters. The second kappa shape index (κ2) is 8.00. The maximum Gasteiger partial charge on any atom is 0.255 e. The lowest BCUT2D eigenvalue weighted by Gasteiger charge is -2.50. The first-order chi connectivity index (χ1) is 17.0. The minimum atomic E-state index is -2.65. The molecule has 1 amide bonds. The van der Waals surface area contributed by atoms with Gasteiger partial charge >= 0.3 is 0 Å². The highest BCUT2D eigenvalue weighted by Crippen LogP contribution is 2.53. The molecule has 0 radical (unpaired) electrons. The third kappa shape index (κ3) is 3.04. The Hall–Kier alpha value is -4.02. The van der Waals surface area contributed by atoms with E-state index in [4.69, 9.17) is 5.73 Å². The van der Waals surface area contributed by atoms with E-state index in [1.54, 1.807) is 44.6 Å². The minimum Gasteiger partial charge on any atom is -0.508 e. The van der Waals surface area contributed by atoms with Crippen LogP contribution in [-0.2, 0) is 20.8 Å². The third-order valence-electron chi connectivity index (χ3n) is 7.55. The lowest BCUT2D eigenvalue weighted by molar-refractivity contribution is -0.153. The van der Waals surface area contributed by atoms with E-state index in [1.807, 2.05) is 0 Å². The Kier molecular flexibility index (Phi) is 5.27. The predicted octanol–water partition coefficient (Wildman–Crippen LogP) is 1.03. The number of nitrogens with two attached hydrogens (primary N) is 1. The van der Waals surface area contributed by atoms with Crippen molar-refractivity contribution < 1.29 is 34.8 Å². The van der Waals surface area contributed by atoms with Crippen LogP contribution >= 0.6 is 0 Å². The molecule has 1 saturated carbocycles. The van der Waals surface area contributed by atoms with Gasteiger partial charge < -0.3 is 26.2 Å². The number of ketones is 2. The number of Topliss-reactive ketones (excluding diaryl/α,β-unsaturated/α-hetero) is 2. The van der Waals surface area contributed by atoms with Crippen LogP contribution in [0.3, 0.4) is 0 Å². The fourth-order valence-corrected chi connectivity index (χ4v) is 6.01. The number of pyridine rings is 1. The molecule has 0 spiro atoms. The molecule has 1 aromatic carbocycles. The number of amides is 1. The van der Waals surface area contributed by atoms with E-state index in [0.717, 1.165) is 0 Å². The van der Waals surface area contributed by atoms with Crippen molar-refractivity contribution in [1.82, 2.24) is 9.88 Å². The highest BCUT2D eigenvalue weighted by molar-refractivity contribution is 6.24. The molecule has 3 aliphatic carbocycles. The molecule has 2 aromatic rings. The molecule has 1 heterocycles. The molecule has 0 saturated heterocycles. The van der Waals surface area contributed by atoms with E-state index < -0.39 is 58.0 Å². The summed E-state index contributed by atoms with van der Waals surface area (Å²) in [5.74, 6) is -6.75. The molecule has 36 heavy (non-hydrogen) atoms.